The van der Waals surface area contributed by atoms with Crippen LogP contribution in [0.15, 0.2) is 44.9 Å². The van der Waals surface area contributed by atoms with Crippen molar-refractivity contribution >= 4 is 22.9 Å². The van der Waals surface area contributed by atoms with Crippen molar-refractivity contribution in [1.82, 2.24) is 9.78 Å². The Morgan fingerprint density at radius 1 is 1.26 bits per heavy atom. The van der Waals surface area contributed by atoms with Crippen LogP contribution in [0, 0.1) is 11.6 Å². The molecule has 0 aliphatic rings. The molecule has 0 aliphatic heterocycles. The van der Waals surface area contributed by atoms with E-state index in [4.69, 9.17) is 4.42 Å². The van der Waals surface area contributed by atoms with E-state index in [1.165, 1.54) is 17.4 Å². The first-order valence-corrected chi connectivity index (χ1v) is 7.28. The third kappa shape index (κ3) is 3.19. The van der Waals surface area contributed by atoms with Crippen molar-refractivity contribution in [2.45, 2.75) is 6.54 Å². The fourth-order valence-corrected chi connectivity index (χ4v) is 2.48. The van der Waals surface area contributed by atoms with Crippen molar-refractivity contribution in [2.75, 3.05) is 5.32 Å². The minimum atomic E-state index is -0.912. The Kier molecular flexibility index (Phi) is 4.02. The van der Waals surface area contributed by atoms with Crippen LogP contribution >= 0.6 is 11.3 Å². The van der Waals surface area contributed by atoms with Gasteiger partial charge in [-0.1, -0.05) is 12.1 Å². The number of nitrogens with one attached hydrogen (secondary N) is 1. The van der Waals surface area contributed by atoms with Crippen molar-refractivity contribution in [3.8, 4) is 10.8 Å². The maximum Gasteiger partial charge on any atom is 0.437 e. The van der Waals surface area contributed by atoms with Crippen molar-refractivity contribution in [1.29, 1.82) is 0 Å². The van der Waals surface area contributed by atoms with Crippen LogP contribution < -0.4 is 11.1 Å². The number of halogens is 2. The average Bonchev–Trinajstić information content (AvgIpc) is 3.14. The van der Waals surface area contributed by atoms with Crippen molar-refractivity contribution in [2.24, 2.45) is 0 Å². The van der Waals surface area contributed by atoms with E-state index in [0.717, 1.165) is 16.8 Å². The van der Waals surface area contributed by atoms with E-state index in [9.17, 15) is 18.4 Å². The van der Waals surface area contributed by atoms with Gasteiger partial charge in [0.15, 0.2) is 0 Å². The van der Waals surface area contributed by atoms with Gasteiger partial charge in [-0.3, -0.25) is 4.79 Å². The third-order valence-electron chi connectivity index (χ3n) is 2.86. The highest BCUT2D eigenvalue weighted by Crippen LogP contribution is 2.21. The smallest absolute Gasteiger partial charge is 0.387 e. The van der Waals surface area contributed by atoms with Gasteiger partial charge in [0.2, 0.25) is 5.91 Å². The SMILES string of the molecule is O=C(Cn1nc(-c2cccs2)oc1=O)Nc1c(F)cccc1F. The summed E-state index contributed by atoms with van der Waals surface area (Å²) in [5, 5.41) is 7.73. The standard InChI is InChI=1S/C14H9F2N3O3S/c15-8-3-1-4-9(16)12(8)17-11(20)7-19-14(21)22-13(18-19)10-5-2-6-23-10/h1-6H,7H2,(H,17,20). The van der Waals surface area contributed by atoms with Crippen LogP contribution in [0.4, 0.5) is 14.5 Å². The number of hydrogen-bond acceptors (Lipinski definition) is 5. The fraction of sp³-hybridized carbons (Fsp3) is 0.0714. The van der Waals surface area contributed by atoms with E-state index in [1.54, 1.807) is 17.5 Å². The highest BCUT2D eigenvalue weighted by Gasteiger charge is 2.16. The second-order valence-corrected chi connectivity index (χ2v) is 5.40. The number of thiophene rings is 1. The molecule has 118 valence electrons. The van der Waals surface area contributed by atoms with Gasteiger partial charge < -0.3 is 9.73 Å². The first kappa shape index (κ1) is 15.1. The van der Waals surface area contributed by atoms with Gasteiger partial charge in [-0.2, -0.15) is 4.68 Å². The molecule has 6 nitrogen and oxygen atoms in total. The molecule has 0 bridgehead atoms. The van der Waals surface area contributed by atoms with E-state index >= 15 is 0 Å². The first-order valence-electron chi connectivity index (χ1n) is 6.40. The summed E-state index contributed by atoms with van der Waals surface area (Å²) >= 11 is 1.32. The summed E-state index contributed by atoms with van der Waals surface area (Å²) < 4.78 is 32.6. The van der Waals surface area contributed by atoms with Crippen LogP contribution in [-0.4, -0.2) is 15.7 Å². The highest BCUT2D eigenvalue weighted by atomic mass is 32.1. The maximum absolute atomic E-state index is 13.5. The maximum atomic E-state index is 13.5. The Bertz CT molecular complexity index is 882. The topological polar surface area (TPSA) is 77.1 Å². The lowest BCUT2D eigenvalue weighted by Crippen LogP contribution is -2.26. The monoisotopic (exact) mass is 337 g/mol. The molecule has 2 aromatic heterocycles. The quantitative estimate of drug-likeness (QED) is 0.793. The molecule has 23 heavy (non-hydrogen) atoms. The molecule has 9 heteroatoms. The molecule has 3 rings (SSSR count). The molecule has 0 spiro atoms. The Balaban J connectivity index is 1.77. The Hall–Kier alpha value is -2.81. The third-order valence-corrected chi connectivity index (χ3v) is 3.72. The van der Waals surface area contributed by atoms with Gasteiger partial charge in [0.1, 0.15) is 23.9 Å². The molecule has 2 heterocycles. The Labute approximate surface area is 132 Å². The number of carbonyl (C=O) groups excluding carboxylic acids is 1. The van der Waals surface area contributed by atoms with Crippen LogP contribution in [0.3, 0.4) is 0 Å². The minimum absolute atomic E-state index is 0.0786. The van der Waals surface area contributed by atoms with Crippen LogP contribution in [0.5, 0.6) is 0 Å². The van der Waals surface area contributed by atoms with Gasteiger partial charge in [0.25, 0.3) is 5.89 Å². The summed E-state index contributed by atoms with van der Waals surface area (Å²) in [6.07, 6.45) is 0. The number of carbonyl (C=O) groups is 1. The average molecular weight is 337 g/mol. The summed E-state index contributed by atoms with van der Waals surface area (Å²) in [5.74, 6) is -3.38. The molecule has 0 radical (unpaired) electrons. The van der Waals surface area contributed by atoms with Crippen LogP contribution in [0.2, 0.25) is 0 Å². The van der Waals surface area contributed by atoms with Crippen molar-refractivity contribution < 1.29 is 18.0 Å². The lowest BCUT2D eigenvalue weighted by Gasteiger charge is -2.06. The second-order valence-electron chi connectivity index (χ2n) is 4.45. The van der Waals surface area contributed by atoms with E-state index in [-0.39, 0.29) is 5.89 Å². The highest BCUT2D eigenvalue weighted by molar-refractivity contribution is 7.13. The zero-order chi connectivity index (χ0) is 16.4. The van der Waals surface area contributed by atoms with E-state index in [2.05, 4.69) is 10.4 Å². The van der Waals surface area contributed by atoms with E-state index in [0.29, 0.717) is 4.88 Å². The molecule has 0 fully saturated rings. The molecular formula is C14H9F2N3O3S. The Morgan fingerprint density at radius 2 is 2.00 bits per heavy atom. The summed E-state index contributed by atoms with van der Waals surface area (Å²) in [6, 6.07) is 6.66. The molecule has 0 aliphatic carbocycles. The lowest BCUT2D eigenvalue weighted by molar-refractivity contribution is -0.117. The number of aromatic nitrogens is 2. The molecule has 0 atom stereocenters. The van der Waals surface area contributed by atoms with Gasteiger partial charge in [-0.25, -0.2) is 13.6 Å². The fourth-order valence-electron chi connectivity index (χ4n) is 1.84. The first-order chi connectivity index (χ1) is 11.0. The molecule has 0 saturated heterocycles. The van der Waals surface area contributed by atoms with Crippen LogP contribution in [0.1, 0.15) is 0 Å². The zero-order valence-electron chi connectivity index (χ0n) is 11.5. The van der Waals surface area contributed by atoms with Gasteiger partial charge >= 0.3 is 5.76 Å². The molecule has 1 amide bonds. The summed E-state index contributed by atoms with van der Waals surface area (Å²) in [5.41, 5.74) is -0.576. The Morgan fingerprint density at radius 3 is 2.65 bits per heavy atom. The zero-order valence-corrected chi connectivity index (χ0v) is 12.3. The largest absolute Gasteiger partial charge is 0.437 e. The number of para-hydroxylation sites is 1. The predicted octanol–water partition coefficient (Wildman–Crippen LogP) is 2.48. The number of nitrogens with zero attached hydrogens (tertiary/aromatic N) is 2. The molecular weight excluding hydrogens is 328 g/mol. The van der Waals surface area contributed by atoms with Gasteiger partial charge in [-0.05, 0) is 23.6 Å². The lowest BCUT2D eigenvalue weighted by atomic mass is 10.3. The molecule has 3 aromatic rings. The number of anilines is 1. The van der Waals surface area contributed by atoms with E-state index in [1.807, 2.05) is 0 Å². The van der Waals surface area contributed by atoms with Crippen molar-refractivity contribution in [3.63, 3.8) is 0 Å². The summed E-state index contributed by atoms with van der Waals surface area (Å²) in [6.45, 7) is -0.526. The van der Waals surface area contributed by atoms with Gasteiger partial charge in [-0.15, -0.1) is 16.4 Å². The normalized spacial score (nSPS) is 10.7. The van der Waals surface area contributed by atoms with Crippen LogP contribution in [0.25, 0.3) is 10.8 Å². The van der Waals surface area contributed by atoms with Gasteiger partial charge in [0, 0.05) is 0 Å². The molecule has 1 aromatic carbocycles. The molecule has 1 N–H and O–H groups in total. The van der Waals surface area contributed by atoms with Crippen LogP contribution in [-0.2, 0) is 11.3 Å². The number of benzene rings is 1. The number of hydrogen-bond donors (Lipinski definition) is 1. The molecule has 0 unspecified atom stereocenters. The summed E-state index contributed by atoms with van der Waals surface area (Å²) in [7, 11) is 0. The number of rotatable bonds is 4. The summed E-state index contributed by atoms with van der Waals surface area (Å²) in [4.78, 5) is 24.1. The van der Waals surface area contributed by atoms with E-state index < -0.39 is 35.5 Å². The second kappa shape index (κ2) is 6.13. The van der Waals surface area contributed by atoms with Gasteiger partial charge in [0.05, 0.1) is 4.88 Å². The molecule has 0 saturated carbocycles. The van der Waals surface area contributed by atoms with Crippen molar-refractivity contribution in [3.05, 3.63) is 57.9 Å². The minimum Gasteiger partial charge on any atom is -0.387 e. The number of amides is 1. The predicted molar refractivity (Wildman–Crippen MR) is 79.1 cm³/mol.